The predicted octanol–water partition coefficient (Wildman–Crippen LogP) is 5.14. The SMILES string of the molecule is O=C(CNC(=O)c1c(Cl)cccc1Cl)Nc1ccc(OC(F)(F)C(Cl)Cl)cc1. The van der Waals surface area contributed by atoms with Crippen LogP contribution in [0.15, 0.2) is 42.5 Å². The van der Waals surface area contributed by atoms with E-state index in [2.05, 4.69) is 15.4 Å². The van der Waals surface area contributed by atoms with Crippen molar-refractivity contribution in [2.75, 3.05) is 11.9 Å². The van der Waals surface area contributed by atoms with Crippen LogP contribution in [0.1, 0.15) is 10.4 Å². The molecule has 150 valence electrons. The number of amides is 2. The fraction of sp³-hybridized carbons (Fsp3) is 0.176. The number of alkyl halides is 4. The van der Waals surface area contributed by atoms with E-state index in [0.717, 1.165) is 0 Å². The molecule has 0 aliphatic rings. The maximum atomic E-state index is 13.3. The molecule has 0 fully saturated rings. The van der Waals surface area contributed by atoms with Gasteiger partial charge in [0.2, 0.25) is 10.7 Å². The van der Waals surface area contributed by atoms with Crippen molar-refractivity contribution in [2.45, 2.75) is 10.9 Å². The van der Waals surface area contributed by atoms with Gasteiger partial charge in [-0.2, -0.15) is 8.78 Å². The second-order valence-corrected chi connectivity index (χ2v) is 7.23. The van der Waals surface area contributed by atoms with E-state index in [4.69, 9.17) is 46.4 Å². The molecule has 11 heteroatoms. The van der Waals surface area contributed by atoms with Gasteiger partial charge in [0.25, 0.3) is 5.91 Å². The lowest BCUT2D eigenvalue weighted by Crippen LogP contribution is -2.33. The van der Waals surface area contributed by atoms with E-state index in [1.54, 1.807) is 6.07 Å². The Labute approximate surface area is 178 Å². The van der Waals surface area contributed by atoms with Crippen LogP contribution in [0.3, 0.4) is 0 Å². The van der Waals surface area contributed by atoms with Crippen molar-refractivity contribution in [2.24, 2.45) is 0 Å². The summed E-state index contributed by atoms with van der Waals surface area (Å²) < 4.78 is 31.0. The lowest BCUT2D eigenvalue weighted by Gasteiger charge is -2.18. The second-order valence-electron chi connectivity index (χ2n) is 5.32. The normalized spacial score (nSPS) is 11.2. The van der Waals surface area contributed by atoms with E-state index in [1.165, 1.54) is 36.4 Å². The number of hydrogen-bond donors (Lipinski definition) is 2. The van der Waals surface area contributed by atoms with Gasteiger partial charge in [-0.15, -0.1) is 0 Å². The van der Waals surface area contributed by atoms with Crippen LogP contribution in [-0.2, 0) is 4.79 Å². The van der Waals surface area contributed by atoms with Crippen LogP contribution in [0.2, 0.25) is 10.0 Å². The van der Waals surface area contributed by atoms with E-state index in [-0.39, 0.29) is 27.9 Å². The van der Waals surface area contributed by atoms with E-state index < -0.39 is 22.8 Å². The van der Waals surface area contributed by atoms with Gasteiger partial charge in [0.15, 0.2) is 0 Å². The van der Waals surface area contributed by atoms with Gasteiger partial charge in [0.1, 0.15) is 5.75 Å². The molecule has 0 atom stereocenters. The Morgan fingerprint density at radius 2 is 1.61 bits per heavy atom. The van der Waals surface area contributed by atoms with Crippen LogP contribution in [0, 0.1) is 0 Å². The van der Waals surface area contributed by atoms with Gasteiger partial charge in [-0.25, -0.2) is 0 Å². The van der Waals surface area contributed by atoms with E-state index in [9.17, 15) is 18.4 Å². The number of nitrogens with one attached hydrogen (secondary N) is 2. The third-order valence-electron chi connectivity index (χ3n) is 3.25. The summed E-state index contributed by atoms with van der Waals surface area (Å²) in [7, 11) is 0. The zero-order valence-electron chi connectivity index (χ0n) is 13.8. The number of halogens is 6. The zero-order chi connectivity index (χ0) is 20.9. The van der Waals surface area contributed by atoms with E-state index >= 15 is 0 Å². The van der Waals surface area contributed by atoms with Crippen LogP contribution in [0.5, 0.6) is 5.75 Å². The van der Waals surface area contributed by atoms with Crippen LogP contribution in [-0.4, -0.2) is 29.3 Å². The second kappa shape index (κ2) is 9.60. The minimum absolute atomic E-state index is 0.0537. The summed E-state index contributed by atoms with van der Waals surface area (Å²) in [6, 6.07) is 9.61. The number of rotatable bonds is 7. The third-order valence-corrected chi connectivity index (χ3v) is 4.38. The number of carbonyl (C=O) groups excluding carboxylic acids is 2. The average Bonchev–Trinajstić information content (AvgIpc) is 2.61. The topological polar surface area (TPSA) is 67.4 Å². The Hall–Kier alpha value is -1.80. The number of hydrogen-bond acceptors (Lipinski definition) is 3. The molecule has 0 bridgehead atoms. The summed E-state index contributed by atoms with van der Waals surface area (Å²) in [4.78, 5) is 22.0. The van der Waals surface area contributed by atoms with E-state index in [1.807, 2.05) is 0 Å². The van der Waals surface area contributed by atoms with Gasteiger partial charge in [-0.1, -0.05) is 52.5 Å². The van der Waals surface area contributed by atoms with Crippen LogP contribution < -0.4 is 15.4 Å². The molecular weight excluding hydrogens is 460 g/mol. The van der Waals surface area contributed by atoms with Gasteiger partial charge in [0, 0.05) is 5.69 Å². The zero-order valence-corrected chi connectivity index (χ0v) is 16.8. The highest BCUT2D eigenvalue weighted by Gasteiger charge is 2.40. The summed E-state index contributed by atoms with van der Waals surface area (Å²) in [5.41, 5.74) is 0.344. The number of benzene rings is 2. The van der Waals surface area contributed by atoms with Crippen LogP contribution >= 0.6 is 46.4 Å². The van der Waals surface area contributed by atoms with Crippen molar-refractivity contribution in [3.05, 3.63) is 58.1 Å². The summed E-state index contributed by atoms with van der Waals surface area (Å²) in [6.45, 7) is -0.364. The molecule has 0 aromatic heterocycles. The van der Waals surface area contributed by atoms with Crippen molar-refractivity contribution in [1.29, 1.82) is 0 Å². The van der Waals surface area contributed by atoms with Crippen molar-refractivity contribution in [3.63, 3.8) is 0 Å². The third kappa shape index (κ3) is 6.10. The quantitative estimate of drug-likeness (QED) is 0.549. The molecule has 0 unspecified atom stereocenters. The first-order valence-corrected chi connectivity index (χ1v) is 9.20. The summed E-state index contributed by atoms with van der Waals surface area (Å²) in [6.07, 6.45) is -3.77. The minimum Gasteiger partial charge on any atom is -0.431 e. The summed E-state index contributed by atoms with van der Waals surface area (Å²) in [5, 5.41) is 5.15. The van der Waals surface area contributed by atoms with Gasteiger partial charge < -0.3 is 15.4 Å². The van der Waals surface area contributed by atoms with Crippen molar-refractivity contribution < 1.29 is 23.1 Å². The molecule has 2 aromatic carbocycles. The molecule has 0 heterocycles. The molecule has 0 aliphatic carbocycles. The highest BCUT2D eigenvalue weighted by atomic mass is 35.5. The molecule has 0 saturated carbocycles. The molecule has 5 nitrogen and oxygen atoms in total. The summed E-state index contributed by atoms with van der Waals surface area (Å²) in [5.74, 6) is -1.37. The largest absolute Gasteiger partial charge is 0.431 e. The van der Waals surface area contributed by atoms with Crippen molar-refractivity contribution in [3.8, 4) is 5.75 Å². The highest BCUT2D eigenvalue weighted by molar-refractivity contribution is 6.44. The average molecular weight is 472 g/mol. The number of anilines is 1. The lowest BCUT2D eigenvalue weighted by atomic mass is 10.2. The monoisotopic (exact) mass is 470 g/mol. The molecule has 0 radical (unpaired) electrons. The molecule has 2 amide bonds. The molecule has 2 rings (SSSR count). The first-order valence-electron chi connectivity index (χ1n) is 7.57. The van der Waals surface area contributed by atoms with E-state index in [0.29, 0.717) is 5.69 Å². The molecule has 0 saturated heterocycles. The minimum atomic E-state index is -3.77. The highest BCUT2D eigenvalue weighted by Crippen LogP contribution is 2.30. The lowest BCUT2D eigenvalue weighted by molar-refractivity contribution is -0.163. The molecule has 28 heavy (non-hydrogen) atoms. The Kier molecular flexibility index (Phi) is 7.71. The predicted molar refractivity (Wildman–Crippen MR) is 105 cm³/mol. The molecule has 2 aromatic rings. The summed E-state index contributed by atoms with van der Waals surface area (Å²) >= 11 is 22.1. The van der Waals surface area contributed by atoms with Crippen LogP contribution in [0.25, 0.3) is 0 Å². The van der Waals surface area contributed by atoms with Gasteiger partial charge >= 0.3 is 6.11 Å². The molecule has 2 N–H and O–H groups in total. The first-order chi connectivity index (χ1) is 13.1. The fourth-order valence-corrected chi connectivity index (χ4v) is 2.64. The maximum absolute atomic E-state index is 13.3. The first kappa shape index (κ1) is 22.5. The molecule has 0 spiro atoms. The maximum Gasteiger partial charge on any atom is 0.428 e. The number of ether oxygens (including phenoxy) is 1. The van der Waals surface area contributed by atoms with Gasteiger partial charge in [-0.05, 0) is 36.4 Å². The standard InChI is InChI=1S/C17H12Cl4F2N2O3/c18-11-2-1-3-12(19)14(11)15(27)24-8-13(26)25-9-4-6-10(7-5-9)28-17(22,23)16(20)21/h1-7,16H,8H2,(H,24,27)(H,25,26). The Bertz CT molecular complexity index is 844. The fourth-order valence-electron chi connectivity index (χ4n) is 1.98. The molecular formula is C17H12Cl4F2N2O3. The number of carbonyl (C=O) groups is 2. The Balaban J connectivity index is 1.90. The Morgan fingerprint density at radius 3 is 2.14 bits per heavy atom. The van der Waals surface area contributed by atoms with Gasteiger partial charge in [-0.3, -0.25) is 9.59 Å². The van der Waals surface area contributed by atoms with Crippen molar-refractivity contribution in [1.82, 2.24) is 5.32 Å². The van der Waals surface area contributed by atoms with Crippen LogP contribution in [0.4, 0.5) is 14.5 Å². The smallest absolute Gasteiger partial charge is 0.428 e. The Morgan fingerprint density at radius 1 is 1.04 bits per heavy atom. The van der Waals surface area contributed by atoms with Crippen molar-refractivity contribution >= 4 is 63.9 Å². The van der Waals surface area contributed by atoms with Gasteiger partial charge in [0.05, 0.1) is 22.2 Å². The molecule has 0 aliphatic heterocycles.